The molecule has 0 fully saturated rings. The van der Waals surface area contributed by atoms with E-state index in [1.165, 1.54) is 19.1 Å². The summed E-state index contributed by atoms with van der Waals surface area (Å²) >= 11 is 3.39. The number of hydrogen-bond acceptors (Lipinski definition) is 5. The molecule has 148 valence electrons. The van der Waals surface area contributed by atoms with E-state index >= 15 is 0 Å². The minimum Gasteiger partial charge on any atom is -0.497 e. The van der Waals surface area contributed by atoms with Crippen molar-refractivity contribution in [3.05, 3.63) is 52.0 Å². The molecule has 0 spiro atoms. The molecule has 0 radical (unpaired) electrons. The number of rotatable bonds is 7. The summed E-state index contributed by atoms with van der Waals surface area (Å²) in [6.45, 7) is 2.42. The Hall–Kier alpha value is -2.38. The molecule has 1 N–H and O–H groups in total. The van der Waals surface area contributed by atoms with Crippen LogP contribution in [0.4, 0.5) is 5.69 Å². The van der Waals surface area contributed by atoms with E-state index < -0.39 is 17.3 Å². The molecule has 1 atom stereocenters. The fraction of sp³-hybridized carbons (Fsp3) is 0.333. The van der Waals surface area contributed by atoms with Crippen molar-refractivity contribution in [2.24, 2.45) is 0 Å². The van der Waals surface area contributed by atoms with Gasteiger partial charge >= 0.3 is 0 Å². The summed E-state index contributed by atoms with van der Waals surface area (Å²) in [5.41, 5.74) is -0.619. The van der Waals surface area contributed by atoms with Crippen LogP contribution < -0.4 is 14.4 Å². The molecule has 0 unspecified atom stereocenters. The average molecular weight is 448 g/mol. The van der Waals surface area contributed by atoms with Gasteiger partial charge in [-0.25, -0.2) is 0 Å². The van der Waals surface area contributed by atoms with E-state index in [9.17, 15) is 14.7 Å². The first-order chi connectivity index (χ1) is 13.3. The number of methoxy groups -OCH3 is 2. The lowest BCUT2D eigenvalue weighted by atomic mass is 9.88. The Bertz CT molecular complexity index is 929. The van der Waals surface area contributed by atoms with Crippen LogP contribution in [0, 0.1) is 0 Å². The summed E-state index contributed by atoms with van der Waals surface area (Å²) < 4.78 is 11.2. The second-order valence-corrected chi connectivity index (χ2v) is 7.56. The number of benzene rings is 2. The van der Waals surface area contributed by atoms with Crippen LogP contribution in [0.15, 0.2) is 40.9 Å². The smallest absolute Gasteiger partial charge is 0.264 e. The molecule has 1 aliphatic heterocycles. The maximum atomic E-state index is 13.1. The van der Waals surface area contributed by atoms with Crippen molar-refractivity contribution in [2.45, 2.75) is 25.4 Å². The minimum absolute atomic E-state index is 0.258. The summed E-state index contributed by atoms with van der Waals surface area (Å²) in [5, 5.41) is 11.4. The van der Waals surface area contributed by atoms with Crippen LogP contribution >= 0.6 is 15.9 Å². The molecule has 0 saturated heterocycles. The second-order valence-electron chi connectivity index (χ2n) is 6.64. The van der Waals surface area contributed by atoms with E-state index in [2.05, 4.69) is 15.9 Å². The highest BCUT2D eigenvalue weighted by Gasteiger charge is 2.51. The molecule has 1 aliphatic rings. The predicted molar refractivity (Wildman–Crippen MR) is 109 cm³/mol. The second kappa shape index (κ2) is 7.93. The number of anilines is 1. The van der Waals surface area contributed by atoms with Gasteiger partial charge in [-0.15, -0.1) is 0 Å². The Labute approximate surface area is 172 Å². The van der Waals surface area contributed by atoms with E-state index in [-0.39, 0.29) is 12.0 Å². The fourth-order valence-electron chi connectivity index (χ4n) is 3.50. The number of Topliss-reactive ketones (excluding diaryl/α,β-unsaturated/α-hetero) is 1. The van der Waals surface area contributed by atoms with Crippen molar-refractivity contribution < 1.29 is 24.2 Å². The topological polar surface area (TPSA) is 76.1 Å². The van der Waals surface area contributed by atoms with Crippen molar-refractivity contribution in [1.29, 1.82) is 0 Å². The molecule has 3 rings (SSSR count). The van der Waals surface area contributed by atoms with Gasteiger partial charge in [-0.05, 0) is 42.8 Å². The Kier molecular flexibility index (Phi) is 5.76. The predicted octanol–water partition coefficient (Wildman–Crippen LogP) is 3.68. The van der Waals surface area contributed by atoms with Gasteiger partial charge < -0.3 is 19.5 Å². The normalized spacial score (nSPS) is 18.2. The number of hydrogen-bond donors (Lipinski definition) is 1. The van der Waals surface area contributed by atoms with E-state index in [0.29, 0.717) is 29.3 Å². The van der Waals surface area contributed by atoms with Gasteiger partial charge in [0, 0.05) is 16.6 Å². The molecule has 1 amide bonds. The van der Waals surface area contributed by atoms with Gasteiger partial charge in [0.25, 0.3) is 5.91 Å². The van der Waals surface area contributed by atoms with Gasteiger partial charge in [-0.1, -0.05) is 22.9 Å². The highest BCUT2D eigenvalue weighted by molar-refractivity contribution is 9.10. The van der Waals surface area contributed by atoms with Gasteiger partial charge in [0.1, 0.15) is 11.5 Å². The van der Waals surface area contributed by atoms with Gasteiger partial charge in [-0.2, -0.15) is 0 Å². The molecule has 2 aromatic carbocycles. The van der Waals surface area contributed by atoms with Crippen LogP contribution in [0.3, 0.4) is 0 Å². The zero-order chi connectivity index (χ0) is 20.5. The molecular weight excluding hydrogens is 426 g/mol. The minimum atomic E-state index is -1.93. The van der Waals surface area contributed by atoms with Crippen LogP contribution in [0.5, 0.6) is 11.5 Å². The molecule has 7 heteroatoms. The standard InChI is InChI=1S/C21H22BrNO5/c1-4-9-23-17-7-5-13(22)10-16(17)21(26,20(23)25)12-18(24)15-11-14(27-2)6-8-19(15)28-3/h5-8,10-11,26H,4,9,12H2,1-3H3/t21-/m0/s1. The highest BCUT2D eigenvalue weighted by Crippen LogP contribution is 2.44. The van der Waals surface area contributed by atoms with Crippen molar-refractivity contribution >= 4 is 33.3 Å². The summed E-state index contributed by atoms with van der Waals surface area (Å²) in [6, 6.07) is 10.1. The quantitative estimate of drug-likeness (QED) is 0.655. The zero-order valence-corrected chi connectivity index (χ0v) is 17.6. The van der Waals surface area contributed by atoms with E-state index in [4.69, 9.17) is 9.47 Å². The first-order valence-electron chi connectivity index (χ1n) is 8.95. The lowest BCUT2D eigenvalue weighted by Gasteiger charge is -2.23. The number of halogens is 1. The van der Waals surface area contributed by atoms with Crippen molar-refractivity contribution in [1.82, 2.24) is 0 Å². The van der Waals surface area contributed by atoms with Crippen LogP contribution in [0.1, 0.15) is 35.7 Å². The summed E-state index contributed by atoms with van der Waals surface area (Å²) in [6.07, 6.45) is 0.341. The third-order valence-corrected chi connectivity index (χ3v) is 5.36. The summed E-state index contributed by atoms with van der Waals surface area (Å²) in [4.78, 5) is 27.7. The Morgan fingerprint density at radius 3 is 2.57 bits per heavy atom. The number of nitrogens with zero attached hydrogens (tertiary/aromatic N) is 1. The molecule has 0 aromatic heterocycles. The number of carbonyl (C=O) groups excluding carboxylic acids is 2. The van der Waals surface area contributed by atoms with Crippen LogP contribution in [0.2, 0.25) is 0 Å². The Morgan fingerprint density at radius 1 is 1.18 bits per heavy atom. The van der Waals surface area contributed by atoms with E-state index in [1.54, 1.807) is 30.3 Å². The lowest BCUT2D eigenvalue weighted by Crippen LogP contribution is -2.42. The largest absolute Gasteiger partial charge is 0.497 e. The first kappa shape index (κ1) is 20.4. The number of carbonyl (C=O) groups is 2. The number of aliphatic hydroxyl groups is 1. The highest BCUT2D eigenvalue weighted by atomic mass is 79.9. The van der Waals surface area contributed by atoms with Crippen molar-refractivity contribution in [2.75, 3.05) is 25.7 Å². The van der Waals surface area contributed by atoms with Crippen LogP contribution in [-0.4, -0.2) is 37.6 Å². The molecular formula is C21H22BrNO5. The maximum Gasteiger partial charge on any atom is 0.264 e. The molecule has 0 saturated carbocycles. The first-order valence-corrected chi connectivity index (χ1v) is 9.74. The molecule has 0 aliphatic carbocycles. The zero-order valence-electron chi connectivity index (χ0n) is 16.0. The molecule has 1 heterocycles. The Balaban J connectivity index is 2.03. The summed E-state index contributed by atoms with van der Waals surface area (Å²) in [7, 11) is 2.96. The van der Waals surface area contributed by atoms with Gasteiger partial charge in [0.15, 0.2) is 11.4 Å². The van der Waals surface area contributed by atoms with Crippen LogP contribution in [-0.2, 0) is 10.4 Å². The third-order valence-electron chi connectivity index (χ3n) is 4.86. The lowest BCUT2D eigenvalue weighted by molar-refractivity contribution is -0.135. The Morgan fingerprint density at radius 2 is 1.93 bits per heavy atom. The molecule has 28 heavy (non-hydrogen) atoms. The van der Waals surface area contributed by atoms with Gasteiger partial charge in [-0.3, -0.25) is 9.59 Å². The third kappa shape index (κ3) is 3.40. The van der Waals surface area contributed by atoms with Gasteiger partial charge in [0.05, 0.1) is 31.9 Å². The molecule has 6 nitrogen and oxygen atoms in total. The number of ether oxygens (including phenoxy) is 2. The van der Waals surface area contributed by atoms with Crippen molar-refractivity contribution in [3.8, 4) is 11.5 Å². The molecule has 0 bridgehead atoms. The number of ketones is 1. The van der Waals surface area contributed by atoms with Gasteiger partial charge in [0.2, 0.25) is 0 Å². The summed E-state index contributed by atoms with van der Waals surface area (Å²) in [5.74, 6) is -0.0436. The monoisotopic (exact) mass is 447 g/mol. The number of amides is 1. The van der Waals surface area contributed by atoms with Crippen molar-refractivity contribution in [3.63, 3.8) is 0 Å². The maximum absolute atomic E-state index is 13.1. The average Bonchev–Trinajstić information content (AvgIpc) is 2.89. The fourth-order valence-corrected chi connectivity index (χ4v) is 3.86. The van der Waals surface area contributed by atoms with Crippen LogP contribution in [0.25, 0.3) is 0 Å². The molecule has 2 aromatic rings. The SMILES string of the molecule is CCCN1C(=O)[C@](O)(CC(=O)c2cc(OC)ccc2OC)c2cc(Br)ccc21. The van der Waals surface area contributed by atoms with E-state index in [1.807, 2.05) is 13.0 Å². The number of fused-ring (bicyclic) bond motifs is 1. The van der Waals surface area contributed by atoms with E-state index in [0.717, 1.165) is 10.9 Å².